The van der Waals surface area contributed by atoms with Gasteiger partial charge in [-0.1, -0.05) is 0 Å². The van der Waals surface area contributed by atoms with Crippen LogP contribution in [0.2, 0.25) is 19.6 Å². The van der Waals surface area contributed by atoms with Crippen molar-refractivity contribution in [2.75, 3.05) is 20.3 Å². The molecule has 0 rings (SSSR count). The summed E-state index contributed by atoms with van der Waals surface area (Å²) >= 11 is 0. The molecule has 0 aliphatic carbocycles. The van der Waals surface area contributed by atoms with E-state index in [1.807, 2.05) is 0 Å². The highest BCUT2D eigenvalue weighted by molar-refractivity contribution is 6.69. The van der Waals surface area contributed by atoms with E-state index in [0.717, 1.165) is 5.57 Å². The van der Waals surface area contributed by atoms with Crippen LogP contribution in [0.3, 0.4) is 0 Å². The second kappa shape index (κ2) is 5.34. The zero-order chi connectivity index (χ0) is 9.61. The summed E-state index contributed by atoms with van der Waals surface area (Å²) in [4.78, 5) is 0. The first kappa shape index (κ1) is 11.7. The number of aliphatic hydroxyl groups is 1. The van der Waals surface area contributed by atoms with Gasteiger partial charge in [-0.15, -0.1) is 0 Å². The molecular formula is C8H18O3Si. The van der Waals surface area contributed by atoms with Gasteiger partial charge in [0.1, 0.15) is 0 Å². The van der Waals surface area contributed by atoms with E-state index in [0.29, 0.717) is 6.61 Å². The van der Waals surface area contributed by atoms with Crippen molar-refractivity contribution < 1.29 is 14.3 Å². The third-order valence-electron chi connectivity index (χ3n) is 1.18. The summed E-state index contributed by atoms with van der Waals surface area (Å²) in [6.07, 6.45) is 1.53. The molecule has 0 aromatic carbocycles. The van der Waals surface area contributed by atoms with Crippen LogP contribution in [0.4, 0.5) is 0 Å². The lowest BCUT2D eigenvalue weighted by molar-refractivity contribution is 0.263. The average Bonchev–Trinajstić information content (AvgIpc) is 1.96. The molecule has 0 aliphatic rings. The molecule has 0 radical (unpaired) electrons. The lowest BCUT2D eigenvalue weighted by atomic mass is 10.3. The van der Waals surface area contributed by atoms with Crippen LogP contribution >= 0.6 is 0 Å². The van der Waals surface area contributed by atoms with E-state index in [9.17, 15) is 0 Å². The summed E-state index contributed by atoms with van der Waals surface area (Å²) in [6, 6.07) is 0. The minimum atomic E-state index is -1.47. The molecule has 72 valence electrons. The molecule has 0 saturated heterocycles. The smallest absolute Gasteiger partial charge is 0.184 e. The summed E-state index contributed by atoms with van der Waals surface area (Å²) in [6.45, 7) is 6.79. The van der Waals surface area contributed by atoms with Crippen molar-refractivity contribution >= 4 is 8.32 Å². The lowest BCUT2D eigenvalue weighted by Gasteiger charge is -2.17. The van der Waals surface area contributed by atoms with E-state index in [-0.39, 0.29) is 6.61 Å². The number of ether oxygens (including phenoxy) is 1. The van der Waals surface area contributed by atoms with E-state index < -0.39 is 8.32 Å². The summed E-state index contributed by atoms with van der Waals surface area (Å²) in [5, 5.41) is 8.84. The molecule has 0 aromatic rings. The molecule has 0 fully saturated rings. The minimum absolute atomic E-state index is 0.00167. The maximum atomic E-state index is 8.84. The van der Waals surface area contributed by atoms with Crippen molar-refractivity contribution in [3.63, 3.8) is 0 Å². The van der Waals surface area contributed by atoms with E-state index in [4.69, 9.17) is 14.3 Å². The van der Waals surface area contributed by atoms with Crippen molar-refractivity contribution in [2.24, 2.45) is 0 Å². The van der Waals surface area contributed by atoms with Gasteiger partial charge >= 0.3 is 0 Å². The molecule has 0 saturated carbocycles. The number of hydrogen-bond acceptors (Lipinski definition) is 3. The highest BCUT2D eigenvalue weighted by Gasteiger charge is 2.14. The van der Waals surface area contributed by atoms with Crippen LogP contribution in [0.1, 0.15) is 0 Å². The van der Waals surface area contributed by atoms with Crippen LogP contribution in [0.5, 0.6) is 0 Å². The van der Waals surface area contributed by atoms with Gasteiger partial charge in [0.2, 0.25) is 0 Å². The molecule has 0 unspecified atom stereocenters. The molecule has 12 heavy (non-hydrogen) atoms. The Bertz CT molecular complexity index is 149. The highest BCUT2D eigenvalue weighted by Crippen LogP contribution is 2.05. The predicted molar refractivity (Wildman–Crippen MR) is 51.5 cm³/mol. The van der Waals surface area contributed by atoms with Crippen molar-refractivity contribution in [1.29, 1.82) is 0 Å². The number of rotatable bonds is 5. The Labute approximate surface area is 75.1 Å². The molecule has 0 amide bonds. The van der Waals surface area contributed by atoms with Crippen LogP contribution in [-0.4, -0.2) is 33.7 Å². The van der Waals surface area contributed by atoms with E-state index >= 15 is 0 Å². The quantitative estimate of drug-likeness (QED) is 0.525. The Morgan fingerprint density at radius 1 is 1.42 bits per heavy atom. The van der Waals surface area contributed by atoms with Gasteiger partial charge in [-0.2, -0.15) is 0 Å². The molecule has 1 N–H and O–H groups in total. The van der Waals surface area contributed by atoms with Crippen LogP contribution in [0.15, 0.2) is 11.8 Å². The summed E-state index contributed by atoms with van der Waals surface area (Å²) < 4.78 is 10.3. The largest absolute Gasteiger partial charge is 0.504 e. The Hall–Kier alpha value is -0.323. The van der Waals surface area contributed by atoms with Gasteiger partial charge in [0.25, 0.3) is 0 Å². The molecule has 0 spiro atoms. The molecule has 0 heterocycles. The zero-order valence-corrected chi connectivity index (χ0v) is 9.26. The van der Waals surface area contributed by atoms with Gasteiger partial charge < -0.3 is 14.3 Å². The molecular weight excluding hydrogens is 172 g/mol. The second-order valence-corrected chi connectivity index (χ2v) is 8.08. The maximum absolute atomic E-state index is 8.84. The first-order chi connectivity index (χ1) is 5.49. The van der Waals surface area contributed by atoms with Crippen LogP contribution in [0, 0.1) is 0 Å². The molecule has 0 aliphatic heterocycles. The van der Waals surface area contributed by atoms with E-state index in [1.54, 1.807) is 7.11 Å². The fraction of sp³-hybridized carbons (Fsp3) is 0.750. The fourth-order valence-corrected chi connectivity index (χ4v) is 1.21. The van der Waals surface area contributed by atoms with E-state index in [1.165, 1.54) is 6.26 Å². The monoisotopic (exact) mass is 190 g/mol. The van der Waals surface area contributed by atoms with Crippen molar-refractivity contribution in [2.45, 2.75) is 19.6 Å². The highest BCUT2D eigenvalue weighted by atomic mass is 28.4. The predicted octanol–water partition coefficient (Wildman–Crippen LogP) is 1.36. The average molecular weight is 190 g/mol. The molecule has 0 atom stereocenters. The zero-order valence-electron chi connectivity index (χ0n) is 8.26. The van der Waals surface area contributed by atoms with Gasteiger partial charge in [0.05, 0.1) is 26.6 Å². The second-order valence-electron chi connectivity index (χ2n) is 3.57. The summed E-state index contributed by atoms with van der Waals surface area (Å²) in [7, 11) is 0.0869. The standard InChI is InChI=1S/C8H18O3Si/c1-10-6-8(5-9)7-11-12(2,3)4/h6,9H,5,7H2,1-4H3. The molecule has 3 nitrogen and oxygen atoms in total. The minimum Gasteiger partial charge on any atom is -0.504 e. The Kier molecular flexibility index (Phi) is 5.20. The first-order valence-corrected chi connectivity index (χ1v) is 7.36. The fourth-order valence-electron chi connectivity index (χ4n) is 0.593. The number of hydrogen-bond donors (Lipinski definition) is 1. The Morgan fingerprint density at radius 2 is 2.00 bits per heavy atom. The van der Waals surface area contributed by atoms with E-state index in [2.05, 4.69) is 19.6 Å². The maximum Gasteiger partial charge on any atom is 0.184 e. The summed E-state index contributed by atoms with van der Waals surface area (Å²) in [5.41, 5.74) is 0.778. The SMILES string of the molecule is COC=C(CO)CO[Si](C)(C)C. The molecule has 4 heteroatoms. The first-order valence-electron chi connectivity index (χ1n) is 3.95. The van der Waals surface area contributed by atoms with Crippen molar-refractivity contribution in [3.8, 4) is 0 Å². The van der Waals surface area contributed by atoms with Gasteiger partial charge in [0.15, 0.2) is 8.32 Å². The van der Waals surface area contributed by atoms with Gasteiger partial charge in [-0.3, -0.25) is 0 Å². The van der Waals surface area contributed by atoms with Crippen LogP contribution < -0.4 is 0 Å². The lowest BCUT2D eigenvalue weighted by Crippen LogP contribution is -2.26. The van der Waals surface area contributed by atoms with Crippen LogP contribution in [0.25, 0.3) is 0 Å². The third-order valence-corrected chi connectivity index (χ3v) is 2.19. The number of aliphatic hydroxyl groups excluding tert-OH is 1. The van der Waals surface area contributed by atoms with Crippen LogP contribution in [-0.2, 0) is 9.16 Å². The van der Waals surface area contributed by atoms with Crippen molar-refractivity contribution in [3.05, 3.63) is 11.8 Å². The van der Waals surface area contributed by atoms with Gasteiger partial charge in [-0.25, -0.2) is 0 Å². The van der Waals surface area contributed by atoms with Crippen molar-refractivity contribution in [1.82, 2.24) is 0 Å². The van der Waals surface area contributed by atoms with Gasteiger partial charge in [-0.05, 0) is 19.6 Å². The normalized spacial score (nSPS) is 13.2. The Balaban J connectivity index is 3.81. The molecule has 0 bridgehead atoms. The van der Waals surface area contributed by atoms with Gasteiger partial charge in [0, 0.05) is 5.57 Å². The Morgan fingerprint density at radius 3 is 2.33 bits per heavy atom. The summed E-state index contributed by atoms with van der Waals surface area (Å²) in [5.74, 6) is 0. The molecule has 0 aromatic heterocycles. The number of methoxy groups -OCH3 is 1. The third kappa shape index (κ3) is 6.39. The topological polar surface area (TPSA) is 38.7 Å².